The van der Waals surface area contributed by atoms with Crippen LogP contribution in [-0.2, 0) is 19.1 Å². The topological polar surface area (TPSA) is 72.8 Å². The molecule has 296 valence electrons. The molecule has 0 spiro atoms. The number of halogens is 6. The molecular formula is C39H64F6O5Si. The monoisotopic (exact) mass is 754 g/mol. The van der Waals surface area contributed by atoms with E-state index in [2.05, 4.69) is 63.8 Å². The molecule has 2 aliphatic carbocycles. The normalized spacial score (nSPS) is 23.4. The third-order valence-corrected chi connectivity index (χ3v) is 12.8. The van der Waals surface area contributed by atoms with Gasteiger partial charge in [-0.25, -0.2) is 0 Å². The lowest BCUT2D eigenvalue weighted by atomic mass is 9.79. The fraction of sp³-hybridized carbons (Fsp3) is 0.795. The van der Waals surface area contributed by atoms with Crippen LogP contribution in [0.4, 0.5) is 26.3 Å². The SMILES string of the molecule is CCC(C)(C(=O)OC1CC2CC(CC(C)(O)C(F)(F)F)C1C2)C(F)(F)F.CCC(C)(C)C(=O)OCCC[Si](C)(C)C.CCC(C)c1ccccc1. The maximum Gasteiger partial charge on any atom is 0.416 e. The van der Waals surface area contributed by atoms with E-state index in [1.807, 2.05) is 20.8 Å². The van der Waals surface area contributed by atoms with Gasteiger partial charge in [0.1, 0.15) is 6.10 Å². The van der Waals surface area contributed by atoms with Crippen LogP contribution >= 0.6 is 0 Å². The number of fused-ring (bicyclic) bond motifs is 2. The fourth-order valence-electron chi connectivity index (χ4n) is 6.28. The Morgan fingerprint density at radius 1 is 0.863 bits per heavy atom. The summed E-state index contributed by atoms with van der Waals surface area (Å²) in [7, 11) is -0.975. The van der Waals surface area contributed by atoms with Crippen molar-refractivity contribution in [1.29, 1.82) is 0 Å². The van der Waals surface area contributed by atoms with Gasteiger partial charge in [-0.1, -0.05) is 83.7 Å². The second kappa shape index (κ2) is 18.8. The van der Waals surface area contributed by atoms with Crippen LogP contribution in [0.15, 0.2) is 30.3 Å². The van der Waals surface area contributed by atoms with E-state index >= 15 is 0 Å². The van der Waals surface area contributed by atoms with Crippen LogP contribution in [0, 0.1) is 28.6 Å². The highest BCUT2D eigenvalue weighted by molar-refractivity contribution is 6.76. The van der Waals surface area contributed by atoms with Crippen molar-refractivity contribution in [3.63, 3.8) is 0 Å². The first-order chi connectivity index (χ1) is 23.2. The minimum atomic E-state index is -4.79. The lowest BCUT2D eigenvalue weighted by molar-refractivity contribution is -0.260. The van der Waals surface area contributed by atoms with Gasteiger partial charge in [0, 0.05) is 8.07 Å². The number of carbonyl (C=O) groups excluding carboxylic acids is 2. The molecule has 2 bridgehead atoms. The molecule has 0 aliphatic heterocycles. The number of alkyl halides is 6. The van der Waals surface area contributed by atoms with E-state index < -0.39 is 68.2 Å². The molecular weight excluding hydrogens is 690 g/mol. The third-order valence-electron chi connectivity index (χ3n) is 10.9. The highest BCUT2D eigenvalue weighted by atomic mass is 28.3. The number of ether oxygens (including phenoxy) is 2. The van der Waals surface area contributed by atoms with Crippen molar-refractivity contribution in [2.45, 2.75) is 162 Å². The standard InChI is InChI=1S/C17H24F6O3.C12H26O2Si.C10H14/c1-4-14(2,16(18,19)20)13(24)26-12-7-9-5-10(11(12)6-9)8-15(3,25)17(21,22)23;1-7-12(2,3)11(13)14-9-8-10-15(4,5)6;1-3-9(2)10-7-5-4-6-8-10/h9-12,25H,4-8H2,1-3H3;7-10H2,1-6H3;4-9H,3H2,1-2H3. The molecule has 2 fully saturated rings. The zero-order valence-corrected chi connectivity index (χ0v) is 33.7. The van der Waals surface area contributed by atoms with Gasteiger partial charge in [-0.3, -0.25) is 9.59 Å². The summed E-state index contributed by atoms with van der Waals surface area (Å²) in [5.74, 6) is -1.71. The molecule has 0 amide bonds. The second-order valence-corrected chi connectivity index (χ2v) is 22.5. The van der Waals surface area contributed by atoms with E-state index in [-0.39, 0.29) is 17.3 Å². The molecule has 1 aromatic carbocycles. The molecule has 0 heterocycles. The molecule has 1 aromatic rings. The number of benzene rings is 1. The number of aliphatic hydroxyl groups is 1. The van der Waals surface area contributed by atoms with Crippen LogP contribution in [0.3, 0.4) is 0 Å². The molecule has 2 saturated carbocycles. The molecule has 5 nitrogen and oxygen atoms in total. The fourth-order valence-corrected chi connectivity index (χ4v) is 7.48. The van der Waals surface area contributed by atoms with Crippen molar-refractivity contribution in [1.82, 2.24) is 0 Å². The number of hydrogen-bond donors (Lipinski definition) is 1. The lowest BCUT2D eigenvalue weighted by Gasteiger charge is -2.36. The van der Waals surface area contributed by atoms with Crippen molar-refractivity contribution < 1.29 is 50.5 Å². The van der Waals surface area contributed by atoms with Crippen LogP contribution in [0.2, 0.25) is 25.7 Å². The summed E-state index contributed by atoms with van der Waals surface area (Å²) in [6, 6.07) is 11.9. The van der Waals surface area contributed by atoms with Gasteiger partial charge in [0.2, 0.25) is 0 Å². The summed E-state index contributed by atoms with van der Waals surface area (Å²) < 4.78 is 88.7. The van der Waals surface area contributed by atoms with Gasteiger partial charge in [-0.05, 0) is 108 Å². The summed E-state index contributed by atoms with van der Waals surface area (Å²) in [5, 5.41) is 9.70. The van der Waals surface area contributed by atoms with Crippen LogP contribution < -0.4 is 0 Å². The Labute approximate surface area is 303 Å². The van der Waals surface area contributed by atoms with Crippen LogP contribution in [0.25, 0.3) is 0 Å². The van der Waals surface area contributed by atoms with Crippen LogP contribution in [0.1, 0.15) is 118 Å². The number of esters is 2. The average molecular weight is 755 g/mol. The first-order valence-electron chi connectivity index (χ1n) is 18.4. The molecule has 7 unspecified atom stereocenters. The van der Waals surface area contributed by atoms with Gasteiger partial charge < -0.3 is 14.6 Å². The van der Waals surface area contributed by atoms with Crippen molar-refractivity contribution in [2.24, 2.45) is 28.6 Å². The van der Waals surface area contributed by atoms with Crippen molar-refractivity contribution in [3.8, 4) is 0 Å². The average Bonchev–Trinajstić information content (AvgIpc) is 3.61. The van der Waals surface area contributed by atoms with E-state index in [0.717, 1.165) is 19.8 Å². The summed E-state index contributed by atoms with van der Waals surface area (Å²) >= 11 is 0. The summed E-state index contributed by atoms with van der Waals surface area (Å²) in [4.78, 5) is 23.8. The molecule has 7 atom stereocenters. The summed E-state index contributed by atoms with van der Waals surface area (Å²) in [6.07, 6.45) is -7.03. The molecule has 0 radical (unpaired) electrons. The predicted molar refractivity (Wildman–Crippen MR) is 193 cm³/mol. The molecule has 1 N–H and O–H groups in total. The summed E-state index contributed by atoms with van der Waals surface area (Å²) in [5.41, 5.74) is -4.38. The highest BCUT2D eigenvalue weighted by Crippen LogP contribution is 2.54. The Kier molecular flexibility index (Phi) is 17.3. The zero-order valence-electron chi connectivity index (χ0n) is 32.7. The molecule has 12 heteroatoms. The molecule has 2 aliphatic rings. The Balaban J connectivity index is 0.000000437. The van der Waals surface area contributed by atoms with Crippen molar-refractivity contribution in [2.75, 3.05) is 6.61 Å². The zero-order chi connectivity index (χ0) is 39.6. The quantitative estimate of drug-likeness (QED) is 0.0939. The Hall–Kier alpha value is -2.08. The number of hydrogen-bond acceptors (Lipinski definition) is 5. The van der Waals surface area contributed by atoms with E-state index in [9.17, 15) is 41.0 Å². The molecule has 51 heavy (non-hydrogen) atoms. The van der Waals surface area contributed by atoms with Gasteiger partial charge in [0.05, 0.1) is 12.0 Å². The van der Waals surface area contributed by atoms with Crippen molar-refractivity contribution in [3.05, 3.63) is 35.9 Å². The van der Waals surface area contributed by atoms with Crippen LogP contribution in [-0.4, -0.2) is 55.8 Å². The highest BCUT2D eigenvalue weighted by Gasteiger charge is 2.59. The van der Waals surface area contributed by atoms with Crippen LogP contribution in [0.5, 0.6) is 0 Å². The van der Waals surface area contributed by atoms with Gasteiger partial charge in [0.15, 0.2) is 11.0 Å². The predicted octanol–water partition coefficient (Wildman–Crippen LogP) is 11.5. The van der Waals surface area contributed by atoms with Gasteiger partial charge in [0.25, 0.3) is 0 Å². The Morgan fingerprint density at radius 3 is 1.86 bits per heavy atom. The maximum absolute atomic E-state index is 13.2. The third kappa shape index (κ3) is 14.0. The number of rotatable bonds is 13. The van der Waals surface area contributed by atoms with E-state index in [1.165, 1.54) is 25.0 Å². The second-order valence-electron chi connectivity index (χ2n) is 16.9. The number of carbonyl (C=O) groups is 2. The molecule has 0 saturated heterocycles. The maximum atomic E-state index is 13.2. The Bertz CT molecular complexity index is 1210. The molecule has 0 aromatic heterocycles. The van der Waals surface area contributed by atoms with Gasteiger partial charge in [-0.2, -0.15) is 26.3 Å². The van der Waals surface area contributed by atoms with E-state index in [0.29, 0.717) is 38.7 Å². The first-order valence-corrected chi connectivity index (χ1v) is 22.2. The minimum Gasteiger partial charge on any atom is -0.465 e. The van der Waals surface area contributed by atoms with Gasteiger partial charge in [-0.15, -0.1) is 0 Å². The largest absolute Gasteiger partial charge is 0.465 e. The first kappa shape index (κ1) is 46.9. The minimum absolute atomic E-state index is 0.00519. The van der Waals surface area contributed by atoms with Crippen molar-refractivity contribution >= 4 is 20.0 Å². The van der Waals surface area contributed by atoms with E-state index in [4.69, 9.17) is 9.47 Å². The smallest absolute Gasteiger partial charge is 0.416 e. The summed E-state index contributed by atoms with van der Waals surface area (Å²) in [6.45, 7) is 20.7. The van der Waals surface area contributed by atoms with Gasteiger partial charge >= 0.3 is 24.3 Å². The Morgan fingerprint density at radius 2 is 1.43 bits per heavy atom. The lowest BCUT2D eigenvalue weighted by Crippen LogP contribution is -2.47. The van der Waals surface area contributed by atoms with E-state index in [1.54, 1.807) is 0 Å². The molecule has 3 rings (SSSR count).